The summed E-state index contributed by atoms with van der Waals surface area (Å²) in [5.41, 5.74) is 0. The van der Waals surface area contributed by atoms with Crippen LogP contribution < -0.4 is 5.32 Å². The summed E-state index contributed by atoms with van der Waals surface area (Å²) in [7, 11) is 0. The van der Waals surface area contributed by atoms with Gasteiger partial charge in [0, 0.05) is 0 Å². The Morgan fingerprint density at radius 3 is 1.25 bits per heavy atom. The molecule has 6 nitrogen and oxygen atoms in total. The van der Waals surface area contributed by atoms with Crippen molar-refractivity contribution in [3.05, 3.63) is 12.2 Å². The average molecular weight is 682 g/mol. The van der Waals surface area contributed by atoms with Gasteiger partial charge in [-0.3, -0.25) is 4.79 Å². The van der Waals surface area contributed by atoms with Crippen molar-refractivity contribution in [2.45, 2.75) is 244 Å². The number of hydrogen-bond donors (Lipinski definition) is 5. The largest absolute Gasteiger partial charge is 0.394 e. The molecule has 5 N–H and O–H groups in total. The molecule has 0 fully saturated rings. The van der Waals surface area contributed by atoms with Crippen LogP contribution in [0.4, 0.5) is 0 Å². The number of aliphatic hydroxyl groups excluding tert-OH is 4. The van der Waals surface area contributed by atoms with Crippen molar-refractivity contribution in [1.82, 2.24) is 5.32 Å². The molecule has 0 spiro atoms. The van der Waals surface area contributed by atoms with Crippen LogP contribution >= 0.6 is 0 Å². The first-order valence-electron chi connectivity index (χ1n) is 21.1. The second kappa shape index (κ2) is 37.3. The Kier molecular flexibility index (Phi) is 36.6. The zero-order chi connectivity index (χ0) is 35.3. The third kappa shape index (κ3) is 31.1. The number of rotatable bonds is 38. The topological polar surface area (TPSA) is 110 Å². The van der Waals surface area contributed by atoms with Crippen LogP contribution in [-0.4, -0.2) is 57.3 Å². The smallest absolute Gasteiger partial charge is 0.249 e. The highest BCUT2D eigenvalue weighted by Crippen LogP contribution is 2.16. The fraction of sp³-hybridized carbons (Fsp3) is 0.929. The summed E-state index contributed by atoms with van der Waals surface area (Å²) in [6, 6.07) is -1.01. The summed E-state index contributed by atoms with van der Waals surface area (Å²) >= 11 is 0. The van der Waals surface area contributed by atoms with Gasteiger partial charge >= 0.3 is 0 Å². The fourth-order valence-corrected chi connectivity index (χ4v) is 6.58. The van der Waals surface area contributed by atoms with E-state index in [2.05, 4.69) is 19.2 Å². The number of unbranched alkanes of at least 4 members (excludes halogenated alkanes) is 28. The van der Waals surface area contributed by atoms with Gasteiger partial charge < -0.3 is 25.7 Å². The Balaban J connectivity index is 3.73. The van der Waals surface area contributed by atoms with E-state index < -0.39 is 36.9 Å². The molecule has 0 saturated carbocycles. The molecule has 0 aromatic heterocycles. The van der Waals surface area contributed by atoms with E-state index in [4.69, 9.17) is 0 Å². The number of allylic oxidation sites excluding steroid dienone is 1. The Labute approximate surface area is 298 Å². The first kappa shape index (κ1) is 47.0. The van der Waals surface area contributed by atoms with Gasteiger partial charge in [-0.1, -0.05) is 206 Å². The molecule has 1 amide bonds. The Hall–Kier alpha value is -0.950. The van der Waals surface area contributed by atoms with Gasteiger partial charge in [-0.05, 0) is 25.7 Å². The first-order chi connectivity index (χ1) is 23.5. The summed E-state index contributed by atoms with van der Waals surface area (Å²) in [6.07, 6.45) is 39.7. The van der Waals surface area contributed by atoms with Crippen LogP contribution in [0.5, 0.6) is 0 Å². The monoisotopic (exact) mass is 682 g/mol. The normalized spacial score (nSPS) is 14.4. The average Bonchev–Trinajstić information content (AvgIpc) is 3.09. The van der Waals surface area contributed by atoms with Gasteiger partial charge in [0.15, 0.2) is 0 Å². The lowest BCUT2D eigenvalue weighted by atomic mass is 10.0. The molecule has 0 saturated heterocycles. The molecule has 48 heavy (non-hydrogen) atoms. The quantitative estimate of drug-likeness (QED) is 0.0329. The van der Waals surface area contributed by atoms with Crippen molar-refractivity contribution in [3.63, 3.8) is 0 Å². The molecule has 0 aliphatic rings. The van der Waals surface area contributed by atoms with Crippen LogP contribution in [0.1, 0.15) is 219 Å². The van der Waals surface area contributed by atoms with Gasteiger partial charge in [0.2, 0.25) is 5.91 Å². The van der Waals surface area contributed by atoms with Gasteiger partial charge in [-0.15, -0.1) is 0 Å². The number of aliphatic hydroxyl groups is 4. The Morgan fingerprint density at radius 2 is 0.875 bits per heavy atom. The zero-order valence-corrected chi connectivity index (χ0v) is 32.0. The number of hydrogen-bond acceptors (Lipinski definition) is 5. The molecule has 0 aromatic carbocycles. The highest BCUT2D eigenvalue weighted by atomic mass is 16.3. The molecule has 0 aliphatic heterocycles. The van der Waals surface area contributed by atoms with E-state index in [0.29, 0.717) is 6.42 Å². The molecule has 0 rings (SSSR count). The predicted molar refractivity (Wildman–Crippen MR) is 205 cm³/mol. The highest BCUT2D eigenvalue weighted by Gasteiger charge is 2.28. The van der Waals surface area contributed by atoms with E-state index in [9.17, 15) is 25.2 Å². The summed E-state index contributed by atoms with van der Waals surface area (Å²) in [5, 5.41) is 43.4. The summed E-state index contributed by atoms with van der Waals surface area (Å²) < 4.78 is 0. The Bertz CT molecular complexity index is 687. The molecule has 0 radical (unpaired) electrons. The minimum atomic E-state index is -1.30. The molecule has 286 valence electrons. The van der Waals surface area contributed by atoms with E-state index in [0.717, 1.165) is 32.1 Å². The van der Waals surface area contributed by atoms with Crippen LogP contribution in [0.2, 0.25) is 0 Å². The number of amides is 1. The van der Waals surface area contributed by atoms with Crippen LogP contribution in [0.25, 0.3) is 0 Å². The van der Waals surface area contributed by atoms with Gasteiger partial charge in [-0.2, -0.15) is 0 Å². The van der Waals surface area contributed by atoms with E-state index in [1.807, 2.05) is 12.2 Å². The third-order valence-electron chi connectivity index (χ3n) is 9.98. The number of carbonyl (C=O) groups excluding carboxylic acids is 1. The van der Waals surface area contributed by atoms with E-state index >= 15 is 0 Å². The van der Waals surface area contributed by atoms with Crippen molar-refractivity contribution in [2.24, 2.45) is 0 Å². The molecule has 0 unspecified atom stereocenters. The van der Waals surface area contributed by atoms with Crippen molar-refractivity contribution >= 4 is 5.91 Å². The maximum atomic E-state index is 12.5. The molecule has 6 heteroatoms. The molecule has 4 atom stereocenters. The zero-order valence-electron chi connectivity index (χ0n) is 32.0. The Morgan fingerprint density at radius 1 is 0.521 bits per heavy atom. The maximum absolute atomic E-state index is 12.5. The molecular formula is C42H83NO5. The van der Waals surface area contributed by atoms with Gasteiger partial charge in [0.05, 0.1) is 18.8 Å². The number of nitrogens with one attached hydrogen (secondary N) is 1. The molecule has 0 aromatic rings. The van der Waals surface area contributed by atoms with E-state index in [1.165, 1.54) is 161 Å². The van der Waals surface area contributed by atoms with E-state index in [1.54, 1.807) is 0 Å². The molecule has 0 bridgehead atoms. The summed E-state index contributed by atoms with van der Waals surface area (Å²) in [4.78, 5) is 12.5. The van der Waals surface area contributed by atoms with Crippen LogP contribution in [0.15, 0.2) is 12.2 Å². The second-order valence-corrected chi connectivity index (χ2v) is 14.7. The third-order valence-corrected chi connectivity index (χ3v) is 9.98. The SMILES string of the molecule is CCCCCCCCCCC/C=C\C[C@@H](O)[C@@H](O)[C@H](CO)NC(=O)[C@H](O)CCCCCCCCCCCCCCCCCCCCCC. The van der Waals surface area contributed by atoms with Crippen molar-refractivity contribution in [2.75, 3.05) is 6.61 Å². The van der Waals surface area contributed by atoms with E-state index in [-0.39, 0.29) is 6.42 Å². The van der Waals surface area contributed by atoms with Crippen LogP contribution in [-0.2, 0) is 4.79 Å². The van der Waals surface area contributed by atoms with Crippen molar-refractivity contribution in [3.8, 4) is 0 Å². The minimum absolute atomic E-state index is 0.257. The highest BCUT2D eigenvalue weighted by molar-refractivity contribution is 5.80. The molecular weight excluding hydrogens is 598 g/mol. The lowest BCUT2D eigenvalue weighted by Crippen LogP contribution is -2.52. The minimum Gasteiger partial charge on any atom is -0.394 e. The molecule has 0 heterocycles. The molecule has 0 aliphatic carbocycles. The summed E-state index contributed by atoms with van der Waals surface area (Å²) in [5.74, 6) is -0.598. The van der Waals surface area contributed by atoms with Crippen molar-refractivity contribution in [1.29, 1.82) is 0 Å². The van der Waals surface area contributed by atoms with Crippen LogP contribution in [0, 0.1) is 0 Å². The standard InChI is InChI=1S/C42H83NO5/c1-3-5-7-9-11-13-15-17-18-19-20-21-22-23-24-26-28-30-32-34-36-40(46)42(48)43-38(37-44)41(47)39(45)35-33-31-29-27-25-16-14-12-10-8-6-4-2/h31,33,38-41,44-47H,3-30,32,34-37H2,1-2H3,(H,43,48)/b33-31-/t38-,39+,40+,41-/m0/s1. The first-order valence-corrected chi connectivity index (χ1v) is 21.1. The maximum Gasteiger partial charge on any atom is 0.249 e. The lowest BCUT2D eigenvalue weighted by molar-refractivity contribution is -0.132. The van der Waals surface area contributed by atoms with Gasteiger partial charge in [0.1, 0.15) is 12.2 Å². The van der Waals surface area contributed by atoms with Crippen molar-refractivity contribution < 1.29 is 25.2 Å². The van der Waals surface area contributed by atoms with Gasteiger partial charge in [-0.25, -0.2) is 0 Å². The second-order valence-electron chi connectivity index (χ2n) is 14.7. The lowest BCUT2D eigenvalue weighted by Gasteiger charge is -2.26. The fourth-order valence-electron chi connectivity index (χ4n) is 6.58. The number of carbonyl (C=O) groups is 1. The van der Waals surface area contributed by atoms with Crippen LogP contribution in [0.3, 0.4) is 0 Å². The van der Waals surface area contributed by atoms with Gasteiger partial charge in [0.25, 0.3) is 0 Å². The summed E-state index contributed by atoms with van der Waals surface area (Å²) in [6.45, 7) is 4.02. The predicted octanol–water partition coefficient (Wildman–Crippen LogP) is 10.6.